The lowest BCUT2D eigenvalue weighted by atomic mass is 9.48. The first-order chi connectivity index (χ1) is 11.9. The summed E-state index contributed by atoms with van der Waals surface area (Å²) < 4.78 is 0. The molecule has 5 heteroatoms. The third kappa shape index (κ3) is 2.10. The molecule has 1 heterocycles. The Hall–Kier alpha value is -1.12. The van der Waals surface area contributed by atoms with Crippen LogP contribution < -0.4 is 5.73 Å². The molecule has 0 aromatic rings. The molecule has 0 aromatic carbocycles. The fraction of sp³-hybridized carbons (Fsp3) is 0.900. The van der Waals surface area contributed by atoms with Crippen molar-refractivity contribution in [1.82, 2.24) is 4.90 Å². The summed E-state index contributed by atoms with van der Waals surface area (Å²) in [7, 11) is 0. The van der Waals surface area contributed by atoms with Gasteiger partial charge in [-0.15, -0.1) is 0 Å². The number of nitriles is 1. The van der Waals surface area contributed by atoms with Crippen LogP contribution in [-0.4, -0.2) is 39.6 Å². The summed E-state index contributed by atoms with van der Waals surface area (Å²) in [5.41, 5.74) is 5.76. The Kier molecular flexibility index (Phi) is 3.21. The van der Waals surface area contributed by atoms with Crippen molar-refractivity contribution >= 4 is 5.91 Å². The summed E-state index contributed by atoms with van der Waals surface area (Å²) in [5.74, 6) is 2.21. The van der Waals surface area contributed by atoms with Crippen molar-refractivity contribution in [3.63, 3.8) is 0 Å². The van der Waals surface area contributed by atoms with E-state index >= 15 is 0 Å². The Morgan fingerprint density at radius 3 is 2.84 bits per heavy atom. The van der Waals surface area contributed by atoms with Crippen LogP contribution in [0.15, 0.2) is 0 Å². The normalized spacial score (nSPS) is 53.9. The third-order valence-electron chi connectivity index (χ3n) is 8.65. The van der Waals surface area contributed by atoms with E-state index in [9.17, 15) is 15.2 Å². The summed E-state index contributed by atoms with van der Waals surface area (Å²) in [4.78, 5) is 15.2. The molecular weight excluding hydrogens is 314 g/mol. The van der Waals surface area contributed by atoms with Gasteiger partial charge in [0.15, 0.2) is 0 Å². The standard InChI is InChI=1S/C20H29N3O2/c1-11-15-6-14(9-21)23(16(11)15)18(24)17(22)19-4-2-12-3-5-20(25,10-19)8-13(12)7-19/h11-17,25H,2-8,10,22H2,1H3/t11-,12?,13?,14?,15+,16-,17?,19?,20?/m0/s1. The molecule has 4 aliphatic carbocycles. The molecule has 1 aliphatic heterocycles. The maximum absolute atomic E-state index is 13.4. The summed E-state index contributed by atoms with van der Waals surface area (Å²) in [6, 6.07) is 1.68. The lowest BCUT2D eigenvalue weighted by molar-refractivity contribution is -0.162. The number of piperidine rings is 1. The predicted octanol–water partition coefficient (Wildman–Crippen LogP) is 1.79. The fourth-order valence-electron chi connectivity index (χ4n) is 7.28. The Morgan fingerprint density at radius 1 is 1.32 bits per heavy atom. The maximum atomic E-state index is 13.4. The van der Waals surface area contributed by atoms with Crippen LogP contribution in [0.3, 0.4) is 0 Å². The first-order valence-electron chi connectivity index (χ1n) is 10.1. The molecule has 1 saturated heterocycles. The molecule has 5 rings (SSSR count). The molecule has 4 saturated carbocycles. The highest BCUT2D eigenvalue weighted by Crippen LogP contribution is 2.61. The highest BCUT2D eigenvalue weighted by molar-refractivity contribution is 5.84. The molecule has 5 nitrogen and oxygen atoms in total. The van der Waals surface area contributed by atoms with Gasteiger partial charge in [0.2, 0.25) is 5.91 Å². The third-order valence-corrected chi connectivity index (χ3v) is 8.65. The van der Waals surface area contributed by atoms with Crippen molar-refractivity contribution < 1.29 is 9.90 Å². The van der Waals surface area contributed by atoms with Crippen LogP contribution in [-0.2, 0) is 4.79 Å². The molecule has 25 heavy (non-hydrogen) atoms. The summed E-state index contributed by atoms with van der Waals surface area (Å²) in [6.07, 6.45) is 7.46. The summed E-state index contributed by atoms with van der Waals surface area (Å²) >= 11 is 0. The van der Waals surface area contributed by atoms with Crippen LogP contribution in [0.1, 0.15) is 58.3 Å². The van der Waals surface area contributed by atoms with E-state index in [1.807, 2.05) is 4.90 Å². The molecule has 0 aromatic heterocycles. The van der Waals surface area contributed by atoms with Crippen molar-refractivity contribution in [2.45, 2.75) is 82.0 Å². The molecule has 1 amide bonds. The average molecular weight is 343 g/mol. The minimum absolute atomic E-state index is 0.0228. The monoisotopic (exact) mass is 343 g/mol. The average Bonchev–Trinajstić information content (AvgIpc) is 3.03. The molecule has 136 valence electrons. The van der Waals surface area contributed by atoms with E-state index in [1.54, 1.807) is 0 Å². The number of aliphatic hydroxyl groups is 1. The molecule has 3 N–H and O–H groups in total. The number of nitrogens with zero attached hydrogens (tertiary/aromatic N) is 2. The van der Waals surface area contributed by atoms with Crippen LogP contribution in [0, 0.1) is 40.4 Å². The largest absolute Gasteiger partial charge is 0.390 e. The van der Waals surface area contributed by atoms with Gasteiger partial charge in [0.25, 0.3) is 0 Å². The van der Waals surface area contributed by atoms with Gasteiger partial charge in [-0.05, 0) is 80.5 Å². The molecule has 0 spiro atoms. The molecule has 9 atom stereocenters. The number of likely N-dealkylation sites (tertiary alicyclic amines) is 1. The number of hydrogen-bond acceptors (Lipinski definition) is 4. The molecular formula is C20H29N3O2. The van der Waals surface area contributed by atoms with Crippen LogP contribution in [0.5, 0.6) is 0 Å². The molecule has 3 bridgehead atoms. The lowest BCUT2D eigenvalue weighted by Crippen LogP contribution is -2.63. The number of nitrogens with two attached hydrogens (primary N) is 1. The number of fused-ring (bicyclic) bond motifs is 3. The van der Waals surface area contributed by atoms with Gasteiger partial charge in [0.05, 0.1) is 17.7 Å². The van der Waals surface area contributed by atoms with Crippen molar-refractivity contribution in [3.8, 4) is 6.07 Å². The van der Waals surface area contributed by atoms with E-state index in [2.05, 4.69) is 13.0 Å². The van der Waals surface area contributed by atoms with E-state index in [1.165, 1.54) is 0 Å². The van der Waals surface area contributed by atoms with Crippen molar-refractivity contribution in [3.05, 3.63) is 0 Å². The Labute approximate surface area is 149 Å². The fourth-order valence-corrected chi connectivity index (χ4v) is 7.28. The number of carbonyl (C=O) groups excluding carboxylic acids is 1. The van der Waals surface area contributed by atoms with Crippen LogP contribution in [0.2, 0.25) is 0 Å². The first-order valence-corrected chi connectivity index (χ1v) is 10.1. The second-order valence-corrected chi connectivity index (χ2v) is 9.89. The zero-order valence-electron chi connectivity index (χ0n) is 15.0. The number of rotatable bonds is 2. The van der Waals surface area contributed by atoms with Gasteiger partial charge in [-0.3, -0.25) is 4.79 Å². The van der Waals surface area contributed by atoms with E-state index < -0.39 is 11.6 Å². The van der Waals surface area contributed by atoms with Gasteiger partial charge in [0, 0.05) is 6.04 Å². The topological polar surface area (TPSA) is 90.4 Å². The van der Waals surface area contributed by atoms with Crippen molar-refractivity contribution in [1.29, 1.82) is 5.26 Å². The van der Waals surface area contributed by atoms with E-state index in [-0.39, 0.29) is 23.4 Å². The Balaban J connectivity index is 1.43. The second-order valence-electron chi connectivity index (χ2n) is 9.89. The van der Waals surface area contributed by atoms with Gasteiger partial charge in [0.1, 0.15) is 6.04 Å². The molecule has 6 unspecified atom stereocenters. The lowest BCUT2D eigenvalue weighted by Gasteiger charge is -2.59. The minimum Gasteiger partial charge on any atom is -0.390 e. The molecule has 5 fully saturated rings. The maximum Gasteiger partial charge on any atom is 0.241 e. The van der Waals surface area contributed by atoms with Crippen LogP contribution >= 0.6 is 0 Å². The van der Waals surface area contributed by atoms with Crippen LogP contribution in [0.25, 0.3) is 0 Å². The van der Waals surface area contributed by atoms with Gasteiger partial charge in [-0.2, -0.15) is 5.26 Å². The van der Waals surface area contributed by atoms with Gasteiger partial charge in [-0.1, -0.05) is 6.92 Å². The zero-order valence-corrected chi connectivity index (χ0v) is 15.0. The molecule has 0 radical (unpaired) electrons. The zero-order chi connectivity index (χ0) is 17.6. The van der Waals surface area contributed by atoms with Gasteiger partial charge < -0.3 is 15.7 Å². The SMILES string of the molecule is C[C@H]1[C@H]2CC(C#N)N(C(=O)C(N)C34CCC5CCC(O)(CC5C3)C4)[C@@H]12. The summed E-state index contributed by atoms with van der Waals surface area (Å²) in [5, 5.41) is 20.5. The van der Waals surface area contributed by atoms with Crippen LogP contribution in [0.4, 0.5) is 0 Å². The second kappa shape index (κ2) is 4.98. The smallest absolute Gasteiger partial charge is 0.241 e. The van der Waals surface area contributed by atoms with Crippen molar-refractivity contribution in [2.24, 2.45) is 34.8 Å². The Morgan fingerprint density at radius 2 is 2.08 bits per heavy atom. The van der Waals surface area contributed by atoms with Gasteiger partial charge >= 0.3 is 0 Å². The number of hydrogen-bond donors (Lipinski definition) is 2. The highest BCUT2D eigenvalue weighted by atomic mass is 16.3. The Bertz CT molecular complexity index is 660. The number of carbonyl (C=O) groups is 1. The summed E-state index contributed by atoms with van der Waals surface area (Å²) in [6.45, 7) is 2.17. The predicted molar refractivity (Wildman–Crippen MR) is 92.0 cm³/mol. The van der Waals surface area contributed by atoms with Crippen molar-refractivity contribution in [2.75, 3.05) is 0 Å². The van der Waals surface area contributed by atoms with E-state index in [4.69, 9.17) is 5.73 Å². The molecule has 5 aliphatic rings. The van der Waals surface area contributed by atoms with Gasteiger partial charge in [-0.25, -0.2) is 0 Å². The quantitative estimate of drug-likeness (QED) is 0.800. The van der Waals surface area contributed by atoms with E-state index in [0.717, 1.165) is 44.9 Å². The van der Waals surface area contributed by atoms with E-state index in [0.29, 0.717) is 30.1 Å². The number of amides is 1. The highest BCUT2D eigenvalue weighted by Gasteiger charge is 2.63. The minimum atomic E-state index is -0.618. The first kappa shape index (κ1) is 16.1.